The molecule has 1 aliphatic carbocycles. The number of rotatable bonds is 0. The molecule has 56 valence electrons. The van der Waals surface area contributed by atoms with Gasteiger partial charge in [-0.1, -0.05) is 0 Å². The molecule has 0 spiro atoms. The first-order valence-corrected chi connectivity index (χ1v) is 3.11. The first-order chi connectivity index (χ1) is 3.63. The molecule has 2 unspecified atom stereocenters. The molecule has 0 bridgehead atoms. The molecule has 0 amide bonds. The van der Waals surface area contributed by atoms with Gasteiger partial charge in [-0.15, -0.1) is 12.4 Å². The van der Waals surface area contributed by atoms with Crippen LogP contribution in [-0.4, -0.2) is 16.7 Å². The van der Waals surface area contributed by atoms with E-state index >= 15 is 0 Å². The van der Waals surface area contributed by atoms with Crippen molar-refractivity contribution in [3.63, 3.8) is 0 Å². The highest BCUT2D eigenvalue weighted by Gasteiger charge is 2.33. The Morgan fingerprint density at radius 3 is 2.33 bits per heavy atom. The third-order valence-corrected chi connectivity index (χ3v) is 2.00. The van der Waals surface area contributed by atoms with Gasteiger partial charge in [0.05, 0.1) is 5.60 Å². The van der Waals surface area contributed by atoms with E-state index in [-0.39, 0.29) is 18.4 Å². The number of nitrogens with two attached hydrogens (primary N) is 1. The van der Waals surface area contributed by atoms with Gasteiger partial charge in [-0.2, -0.15) is 0 Å². The van der Waals surface area contributed by atoms with Crippen molar-refractivity contribution in [1.29, 1.82) is 0 Å². The van der Waals surface area contributed by atoms with E-state index in [0.717, 1.165) is 19.3 Å². The molecule has 1 aliphatic rings. The molecule has 0 aromatic heterocycles. The molecule has 0 aromatic carbocycles. The third-order valence-electron chi connectivity index (χ3n) is 2.00. The Morgan fingerprint density at radius 1 is 1.67 bits per heavy atom. The van der Waals surface area contributed by atoms with Gasteiger partial charge in [-0.05, 0) is 26.2 Å². The van der Waals surface area contributed by atoms with Crippen LogP contribution in [0.15, 0.2) is 0 Å². The van der Waals surface area contributed by atoms with Crippen LogP contribution in [0.25, 0.3) is 0 Å². The number of hydrogen-bond acceptors (Lipinski definition) is 2. The van der Waals surface area contributed by atoms with Crippen molar-refractivity contribution in [1.82, 2.24) is 0 Å². The van der Waals surface area contributed by atoms with Crippen molar-refractivity contribution in [2.75, 3.05) is 0 Å². The lowest BCUT2D eigenvalue weighted by Crippen LogP contribution is -2.40. The molecule has 3 heteroatoms. The van der Waals surface area contributed by atoms with Crippen molar-refractivity contribution in [3.05, 3.63) is 0 Å². The maximum absolute atomic E-state index is 9.34. The second-order valence-electron chi connectivity index (χ2n) is 2.86. The van der Waals surface area contributed by atoms with Gasteiger partial charge in [0.25, 0.3) is 0 Å². The number of halogens is 1. The van der Waals surface area contributed by atoms with Crippen LogP contribution in [0.4, 0.5) is 0 Å². The van der Waals surface area contributed by atoms with Crippen LogP contribution in [-0.2, 0) is 0 Å². The Morgan fingerprint density at radius 2 is 2.22 bits per heavy atom. The third kappa shape index (κ3) is 1.81. The lowest BCUT2D eigenvalue weighted by atomic mass is 10.0. The Hall–Kier alpha value is 0.210. The minimum absolute atomic E-state index is 0. The fourth-order valence-corrected chi connectivity index (χ4v) is 1.18. The summed E-state index contributed by atoms with van der Waals surface area (Å²) in [7, 11) is 0. The molecular weight excluding hydrogens is 138 g/mol. The van der Waals surface area contributed by atoms with Crippen LogP contribution in [0, 0.1) is 0 Å². The minimum atomic E-state index is -0.569. The zero-order valence-electron chi connectivity index (χ0n) is 5.63. The Kier molecular flexibility index (Phi) is 2.93. The lowest BCUT2D eigenvalue weighted by Gasteiger charge is -2.20. The molecule has 9 heavy (non-hydrogen) atoms. The molecule has 2 nitrogen and oxygen atoms in total. The van der Waals surface area contributed by atoms with Gasteiger partial charge < -0.3 is 10.8 Å². The highest BCUT2D eigenvalue weighted by atomic mass is 35.5. The predicted octanol–water partition coefficient (Wildman–Crippen LogP) is 0.670. The molecule has 0 radical (unpaired) electrons. The van der Waals surface area contributed by atoms with Crippen molar-refractivity contribution in [3.8, 4) is 0 Å². The summed E-state index contributed by atoms with van der Waals surface area (Å²) in [6, 6.07) is 0.0162. The van der Waals surface area contributed by atoms with Gasteiger partial charge in [0.1, 0.15) is 0 Å². The molecule has 0 aliphatic heterocycles. The quantitative estimate of drug-likeness (QED) is 0.535. The molecule has 2 atom stereocenters. The highest BCUT2D eigenvalue weighted by Crippen LogP contribution is 2.27. The van der Waals surface area contributed by atoms with Crippen molar-refractivity contribution in [2.45, 2.75) is 37.8 Å². The van der Waals surface area contributed by atoms with Crippen LogP contribution in [0.1, 0.15) is 26.2 Å². The fourth-order valence-electron chi connectivity index (χ4n) is 1.18. The molecule has 1 saturated carbocycles. The van der Waals surface area contributed by atoms with E-state index in [1.54, 1.807) is 0 Å². The largest absolute Gasteiger partial charge is 0.389 e. The average Bonchev–Trinajstić information content (AvgIpc) is 1.86. The monoisotopic (exact) mass is 151 g/mol. The van der Waals surface area contributed by atoms with Gasteiger partial charge >= 0.3 is 0 Å². The van der Waals surface area contributed by atoms with Gasteiger partial charge in [0, 0.05) is 6.04 Å². The zero-order chi connectivity index (χ0) is 6.20. The standard InChI is InChI=1S/C6H13NO.ClH/c1-6(8)4-2-3-5(6)7;/h5,8H,2-4,7H2,1H3;1H. The average molecular weight is 152 g/mol. The maximum Gasteiger partial charge on any atom is 0.0769 e. The fraction of sp³-hybridized carbons (Fsp3) is 1.00. The Balaban J connectivity index is 0.000000640. The van der Waals surface area contributed by atoms with Crippen molar-refractivity contribution >= 4 is 12.4 Å². The Bertz CT molecular complexity index is 95.1. The van der Waals surface area contributed by atoms with Gasteiger partial charge in [-0.25, -0.2) is 0 Å². The summed E-state index contributed by atoms with van der Waals surface area (Å²) in [5.74, 6) is 0. The summed E-state index contributed by atoms with van der Waals surface area (Å²) in [6.07, 6.45) is 2.93. The second kappa shape index (κ2) is 2.86. The molecule has 1 rings (SSSR count). The van der Waals surface area contributed by atoms with E-state index in [1.165, 1.54) is 0 Å². The second-order valence-corrected chi connectivity index (χ2v) is 2.86. The van der Waals surface area contributed by atoms with Crippen LogP contribution in [0.2, 0.25) is 0 Å². The summed E-state index contributed by atoms with van der Waals surface area (Å²) in [4.78, 5) is 0. The summed E-state index contributed by atoms with van der Waals surface area (Å²) in [5, 5.41) is 9.34. The molecule has 0 aromatic rings. The summed E-state index contributed by atoms with van der Waals surface area (Å²) in [5.41, 5.74) is 4.99. The maximum atomic E-state index is 9.34. The smallest absolute Gasteiger partial charge is 0.0769 e. The highest BCUT2D eigenvalue weighted by molar-refractivity contribution is 5.85. The van der Waals surface area contributed by atoms with Gasteiger partial charge in [-0.3, -0.25) is 0 Å². The lowest BCUT2D eigenvalue weighted by molar-refractivity contribution is 0.0518. The number of hydrogen-bond donors (Lipinski definition) is 2. The molecule has 1 fully saturated rings. The van der Waals surface area contributed by atoms with E-state index in [1.807, 2.05) is 6.92 Å². The van der Waals surface area contributed by atoms with E-state index in [0.29, 0.717) is 0 Å². The van der Waals surface area contributed by atoms with Crippen LogP contribution in [0.3, 0.4) is 0 Å². The number of aliphatic hydroxyl groups is 1. The summed E-state index contributed by atoms with van der Waals surface area (Å²) < 4.78 is 0. The Labute approximate surface area is 61.8 Å². The van der Waals surface area contributed by atoms with E-state index in [4.69, 9.17) is 5.73 Å². The van der Waals surface area contributed by atoms with Crippen LogP contribution >= 0.6 is 12.4 Å². The van der Waals surface area contributed by atoms with E-state index in [9.17, 15) is 5.11 Å². The molecule has 0 heterocycles. The molecule has 3 N–H and O–H groups in total. The first kappa shape index (κ1) is 9.21. The predicted molar refractivity (Wildman–Crippen MR) is 39.7 cm³/mol. The summed E-state index contributed by atoms with van der Waals surface area (Å²) in [6.45, 7) is 1.81. The minimum Gasteiger partial charge on any atom is -0.389 e. The molecular formula is C6H14ClNO. The van der Waals surface area contributed by atoms with Gasteiger partial charge in [0.15, 0.2) is 0 Å². The normalized spacial score (nSPS) is 42.3. The van der Waals surface area contributed by atoms with Crippen molar-refractivity contribution in [2.24, 2.45) is 5.73 Å². The van der Waals surface area contributed by atoms with Crippen LogP contribution < -0.4 is 5.73 Å². The van der Waals surface area contributed by atoms with E-state index < -0.39 is 5.60 Å². The van der Waals surface area contributed by atoms with E-state index in [2.05, 4.69) is 0 Å². The first-order valence-electron chi connectivity index (χ1n) is 3.11. The zero-order valence-corrected chi connectivity index (χ0v) is 6.45. The molecule has 0 saturated heterocycles. The topological polar surface area (TPSA) is 46.2 Å². The van der Waals surface area contributed by atoms with Crippen molar-refractivity contribution < 1.29 is 5.11 Å². The van der Waals surface area contributed by atoms with Gasteiger partial charge in [0.2, 0.25) is 0 Å². The summed E-state index contributed by atoms with van der Waals surface area (Å²) >= 11 is 0. The van der Waals surface area contributed by atoms with Crippen LogP contribution in [0.5, 0.6) is 0 Å². The SMILES string of the molecule is CC1(O)CCCC1N.Cl.